The Balaban J connectivity index is 2.17. The highest BCUT2D eigenvalue weighted by atomic mass is 79.9. The van der Waals surface area contributed by atoms with Crippen LogP contribution in [0.4, 0.5) is 4.39 Å². The molecule has 2 rings (SSSR count). The highest BCUT2D eigenvalue weighted by molar-refractivity contribution is 9.10. The number of sulfonamides is 1. The molecule has 2 aromatic carbocycles. The third-order valence-electron chi connectivity index (χ3n) is 2.63. The fourth-order valence-corrected chi connectivity index (χ4v) is 3.22. The van der Waals surface area contributed by atoms with E-state index in [1.807, 2.05) is 0 Å². The van der Waals surface area contributed by atoms with Crippen molar-refractivity contribution in [3.8, 4) is 5.75 Å². The molecule has 0 amide bonds. The number of ether oxygens (including phenoxy) is 1. The molecule has 0 aliphatic rings. The molecule has 0 atom stereocenters. The Labute approximate surface area is 138 Å². The number of halogens is 3. The van der Waals surface area contributed by atoms with Gasteiger partial charge in [-0.1, -0.05) is 22.0 Å². The third-order valence-corrected chi connectivity index (χ3v) is 4.90. The molecule has 0 aliphatic heterocycles. The van der Waals surface area contributed by atoms with Crippen LogP contribution in [0.5, 0.6) is 5.75 Å². The molecule has 0 aromatic heterocycles. The van der Waals surface area contributed by atoms with Gasteiger partial charge in [0.15, 0.2) is 0 Å². The molecule has 0 spiro atoms. The summed E-state index contributed by atoms with van der Waals surface area (Å²) in [4.78, 5) is -0.00955. The van der Waals surface area contributed by atoms with Crippen LogP contribution < -0.4 is 9.88 Å². The minimum atomic E-state index is -3.76. The Morgan fingerprint density at radius 2 is 1.81 bits per heavy atom. The van der Waals surface area contributed by atoms with Crippen molar-refractivity contribution in [1.29, 1.82) is 0 Å². The molecule has 0 radical (unpaired) electrons. The second-order valence-corrected chi connectivity index (χ2v) is 7.43. The highest BCUT2D eigenvalue weighted by Crippen LogP contribution is 2.29. The van der Waals surface area contributed by atoms with E-state index >= 15 is 0 Å². The largest absolute Gasteiger partial charge is 0.488 e. The van der Waals surface area contributed by atoms with Crippen molar-refractivity contribution in [3.05, 3.63) is 56.7 Å². The van der Waals surface area contributed by atoms with Gasteiger partial charge in [0.1, 0.15) is 18.2 Å². The molecule has 0 heterocycles. The van der Waals surface area contributed by atoms with Crippen molar-refractivity contribution < 1.29 is 17.5 Å². The van der Waals surface area contributed by atoms with E-state index in [4.69, 9.17) is 9.88 Å². The molecule has 4 nitrogen and oxygen atoms in total. The second kappa shape index (κ2) is 6.43. The van der Waals surface area contributed by atoms with Crippen molar-refractivity contribution in [1.82, 2.24) is 0 Å². The summed E-state index contributed by atoms with van der Waals surface area (Å²) in [5.74, 6) is 0.114. The van der Waals surface area contributed by atoms with Gasteiger partial charge in [-0.2, -0.15) is 0 Å². The Morgan fingerprint density at radius 1 is 1.10 bits per heavy atom. The van der Waals surface area contributed by atoms with Crippen LogP contribution in [0, 0.1) is 5.82 Å². The molecule has 2 N–H and O–H groups in total. The SMILES string of the molecule is NS(=O)(=O)c1ccc(OCc2ccc(F)cc2Br)c(Br)c1. The van der Waals surface area contributed by atoms with Crippen molar-refractivity contribution in [3.63, 3.8) is 0 Å². The molecule has 112 valence electrons. The molecular formula is C13H10Br2FNO3S. The number of rotatable bonds is 4. The lowest BCUT2D eigenvalue weighted by Gasteiger charge is -2.10. The lowest BCUT2D eigenvalue weighted by atomic mass is 10.2. The van der Waals surface area contributed by atoms with E-state index in [2.05, 4.69) is 31.9 Å². The van der Waals surface area contributed by atoms with E-state index in [1.165, 1.54) is 30.3 Å². The molecule has 0 unspecified atom stereocenters. The summed E-state index contributed by atoms with van der Waals surface area (Å²) in [6.45, 7) is 0.203. The smallest absolute Gasteiger partial charge is 0.238 e. The van der Waals surface area contributed by atoms with Crippen LogP contribution >= 0.6 is 31.9 Å². The lowest BCUT2D eigenvalue weighted by Crippen LogP contribution is -2.12. The number of primary sulfonamides is 1. The molecule has 0 bridgehead atoms. The summed E-state index contributed by atoms with van der Waals surface area (Å²) in [5.41, 5.74) is 0.763. The van der Waals surface area contributed by atoms with Gasteiger partial charge in [-0.25, -0.2) is 17.9 Å². The van der Waals surface area contributed by atoms with Crippen LogP contribution in [0.3, 0.4) is 0 Å². The maximum Gasteiger partial charge on any atom is 0.238 e. The average molecular weight is 439 g/mol. The quantitative estimate of drug-likeness (QED) is 0.793. The molecule has 0 aliphatic carbocycles. The Hall–Kier alpha value is -0.960. The predicted octanol–water partition coefficient (Wildman–Crippen LogP) is 3.58. The van der Waals surface area contributed by atoms with Crippen molar-refractivity contribution in [2.75, 3.05) is 0 Å². The summed E-state index contributed by atoms with van der Waals surface area (Å²) < 4.78 is 42.1. The van der Waals surface area contributed by atoms with E-state index in [9.17, 15) is 12.8 Å². The van der Waals surface area contributed by atoms with Crippen LogP contribution in [0.25, 0.3) is 0 Å². The standard InChI is InChI=1S/C13H10Br2FNO3S/c14-11-5-9(16)2-1-8(11)7-20-13-4-3-10(6-12(13)15)21(17,18)19/h1-6H,7H2,(H2,17,18,19). The fourth-order valence-electron chi connectivity index (χ4n) is 1.57. The zero-order valence-electron chi connectivity index (χ0n) is 10.5. The van der Waals surface area contributed by atoms with Gasteiger partial charge in [0.2, 0.25) is 10.0 Å². The zero-order chi connectivity index (χ0) is 15.6. The van der Waals surface area contributed by atoms with E-state index in [-0.39, 0.29) is 17.3 Å². The van der Waals surface area contributed by atoms with E-state index in [1.54, 1.807) is 6.07 Å². The molecule has 8 heteroatoms. The highest BCUT2D eigenvalue weighted by Gasteiger charge is 2.11. The normalized spacial score (nSPS) is 11.4. The number of hydrogen-bond acceptors (Lipinski definition) is 3. The Morgan fingerprint density at radius 3 is 2.38 bits per heavy atom. The topological polar surface area (TPSA) is 69.4 Å². The minimum Gasteiger partial charge on any atom is -0.488 e. The summed E-state index contributed by atoms with van der Waals surface area (Å²) in [7, 11) is -3.76. The summed E-state index contributed by atoms with van der Waals surface area (Å²) in [6, 6.07) is 8.51. The first-order valence-electron chi connectivity index (χ1n) is 5.66. The van der Waals surface area contributed by atoms with E-state index in [0.29, 0.717) is 14.7 Å². The van der Waals surface area contributed by atoms with Gasteiger partial charge < -0.3 is 4.74 Å². The number of nitrogens with two attached hydrogens (primary N) is 1. The van der Waals surface area contributed by atoms with Gasteiger partial charge in [0.05, 0.1) is 9.37 Å². The first kappa shape index (κ1) is 16.4. The maximum atomic E-state index is 13.0. The van der Waals surface area contributed by atoms with Crippen molar-refractivity contribution >= 4 is 41.9 Å². The molecule has 21 heavy (non-hydrogen) atoms. The summed E-state index contributed by atoms with van der Waals surface area (Å²) in [5, 5.41) is 5.04. The Bertz CT molecular complexity index is 781. The molecule has 0 saturated heterocycles. The minimum absolute atomic E-state index is 0.00955. The van der Waals surface area contributed by atoms with Crippen molar-refractivity contribution in [2.45, 2.75) is 11.5 Å². The predicted molar refractivity (Wildman–Crippen MR) is 83.9 cm³/mol. The van der Waals surface area contributed by atoms with Gasteiger partial charge in [-0.15, -0.1) is 0 Å². The van der Waals surface area contributed by atoms with Gasteiger partial charge in [0.25, 0.3) is 0 Å². The van der Waals surface area contributed by atoms with Crippen LogP contribution in [0.2, 0.25) is 0 Å². The lowest BCUT2D eigenvalue weighted by molar-refractivity contribution is 0.303. The van der Waals surface area contributed by atoms with Gasteiger partial charge in [0, 0.05) is 10.0 Å². The monoisotopic (exact) mass is 437 g/mol. The third kappa shape index (κ3) is 4.26. The van der Waals surface area contributed by atoms with E-state index < -0.39 is 10.0 Å². The molecular weight excluding hydrogens is 429 g/mol. The van der Waals surface area contributed by atoms with Crippen LogP contribution in [-0.2, 0) is 16.6 Å². The van der Waals surface area contributed by atoms with E-state index in [0.717, 1.165) is 5.56 Å². The van der Waals surface area contributed by atoms with Gasteiger partial charge in [-0.05, 0) is 46.3 Å². The zero-order valence-corrected chi connectivity index (χ0v) is 14.5. The Kier molecular flexibility index (Phi) is 5.03. The first-order valence-corrected chi connectivity index (χ1v) is 8.79. The first-order chi connectivity index (χ1) is 9.77. The van der Waals surface area contributed by atoms with Crippen LogP contribution in [0.15, 0.2) is 50.2 Å². The molecule has 0 saturated carbocycles. The second-order valence-electron chi connectivity index (χ2n) is 4.16. The molecule has 0 fully saturated rings. The molecule has 2 aromatic rings. The van der Waals surface area contributed by atoms with Crippen LogP contribution in [0.1, 0.15) is 5.56 Å². The summed E-state index contributed by atoms with van der Waals surface area (Å²) in [6.07, 6.45) is 0. The maximum absolute atomic E-state index is 13.0. The van der Waals surface area contributed by atoms with Gasteiger partial charge in [-0.3, -0.25) is 0 Å². The van der Waals surface area contributed by atoms with Crippen molar-refractivity contribution in [2.24, 2.45) is 5.14 Å². The summed E-state index contributed by atoms with van der Waals surface area (Å²) >= 11 is 6.48. The average Bonchev–Trinajstić information content (AvgIpc) is 2.38. The number of benzene rings is 2. The number of hydrogen-bond donors (Lipinski definition) is 1. The fraction of sp³-hybridized carbons (Fsp3) is 0.0769. The van der Waals surface area contributed by atoms with Gasteiger partial charge >= 0.3 is 0 Å². The van der Waals surface area contributed by atoms with Crippen LogP contribution in [-0.4, -0.2) is 8.42 Å².